The van der Waals surface area contributed by atoms with E-state index in [1.54, 1.807) is 0 Å². The van der Waals surface area contributed by atoms with E-state index in [2.05, 4.69) is 5.32 Å². The van der Waals surface area contributed by atoms with Gasteiger partial charge in [-0.2, -0.15) is 13.2 Å². The molecular formula is C15H21F3N2O. The predicted octanol–water partition coefficient (Wildman–Crippen LogP) is 3.31. The van der Waals surface area contributed by atoms with Gasteiger partial charge in [0, 0.05) is 12.6 Å². The second-order valence-electron chi connectivity index (χ2n) is 6.14. The van der Waals surface area contributed by atoms with Crippen LogP contribution in [0.3, 0.4) is 0 Å². The molecular weight excluding hydrogens is 281 g/mol. The minimum atomic E-state index is -4.08. The quantitative estimate of drug-likeness (QED) is 0.904. The van der Waals surface area contributed by atoms with Crippen molar-refractivity contribution < 1.29 is 17.6 Å². The summed E-state index contributed by atoms with van der Waals surface area (Å²) in [5.41, 5.74) is 0. The molecule has 6 heteroatoms. The molecule has 2 fully saturated rings. The number of hydrogen-bond donors (Lipinski definition) is 1. The predicted molar refractivity (Wildman–Crippen MR) is 72.6 cm³/mol. The Morgan fingerprint density at radius 3 is 2.67 bits per heavy atom. The molecule has 1 atom stereocenters. The lowest BCUT2D eigenvalue weighted by molar-refractivity contribution is -0.187. The lowest BCUT2D eigenvalue weighted by Gasteiger charge is -2.33. The third-order valence-corrected chi connectivity index (χ3v) is 4.21. The van der Waals surface area contributed by atoms with E-state index in [1.165, 1.54) is 12.8 Å². The summed E-state index contributed by atoms with van der Waals surface area (Å²) >= 11 is 0. The van der Waals surface area contributed by atoms with Crippen molar-refractivity contribution in [2.75, 3.05) is 13.1 Å². The van der Waals surface area contributed by atoms with Crippen LogP contribution in [-0.4, -0.2) is 30.2 Å². The zero-order chi connectivity index (χ0) is 14.9. The summed E-state index contributed by atoms with van der Waals surface area (Å²) in [6, 6.07) is 4.41. The van der Waals surface area contributed by atoms with E-state index < -0.39 is 12.1 Å². The molecule has 1 aliphatic carbocycles. The van der Waals surface area contributed by atoms with Gasteiger partial charge in [-0.25, -0.2) is 0 Å². The summed E-state index contributed by atoms with van der Waals surface area (Å²) in [5, 5.41) is 3.36. The highest BCUT2D eigenvalue weighted by Gasteiger charge is 2.41. The Morgan fingerprint density at radius 1 is 1.19 bits per heavy atom. The highest BCUT2D eigenvalue weighted by molar-refractivity contribution is 5.07. The molecule has 1 aromatic rings. The normalized spacial score (nSPS) is 24.4. The molecule has 1 N–H and O–H groups in total. The Balaban J connectivity index is 1.50. The summed E-state index contributed by atoms with van der Waals surface area (Å²) in [6.07, 6.45) is -0.794. The van der Waals surface area contributed by atoms with Gasteiger partial charge >= 0.3 is 6.18 Å². The third-order valence-electron chi connectivity index (χ3n) is 4.21. The Bertz CT molecular complexity index is 468. The van der Waals surface area contributed by atoms with Crippen LogP contribution in [0.5, 0.6) is 0 Å². The first-order chi connectivity index (χ1) is 10.0. The number of likely N-dealkylation sites (tertiary alicyclic amines) is 1. The topological polar surface area (TPSA) is 28.4 Å². The Labute approximate surface area is 122 Å². The van der Waals surface area contributed by atoms with Gasteiger partial charge in [0.1, 0.15) is 11.5 Å². The van der Waals surface area contributed by atoms with Crippen LogP contribution in [0.2, 0.25) is 0 Å². The second kappa shape index (κ2) is 6.01. The van der Waals surface area contributed by atoms with Gasteiger partial charge in [-0.15, -0.1) is 0 Å². The minimum absolute atomic E-state index is 0.0832. The van der Waals surface area contributed by atoms with Crippen molar-refractivity contribution in [2.45, 2.75) is 51.0 Å². The molecule has 21 heavy (non-hydrogen) atoms. The molecule has 2 heterocycles. The number of rotatable bonds is 5. The molecule has 1 saturated carbocycles. The molecule has 3 nitrogen and oxygen atoms in total. The average molecular weight is 302 g/mol. The molecule has 0 amide bonds. The van der Waals surface area contributed by atoms with Crippen molar-refractivity contribution in [3.05, 3.63) is 23.7 Å². The van der Waals surface area contributed by atoms with Crippen LogP contribution in [0.4, 0.5) is 13.2 Å². The van der Waals surface area contributed by atoms with Crippen LogP contribution >= 0.6 is 0 Å². The molecule has 1 aliphatic heterocycles. The van der Waals surface area contributed by atoms with Gasteiger partial charge in [0.05, 0.1) is 19.0 Å². The van der Waals surface area contributed by atoms with Crippen molar-refractivity contribution in [3.63, 3.8) is 0 Å². The first-order valence-electron chi connectivity index (χ1n) is 7.61. The second-order valence-corrected chi connectivity index (χ2v) is 6.14. The molecule has 118 valence electrons. The van der Waals surface area contributed by atoms with Crippen LogP contribution < -0.4 is 5.32 Å². The first-order valence-corrected chi connectivity index (χ1v) is 7.61. The fourth-order valence-electron chi connectivity index (χ4n) is 2.82. The van der Waals surface area contributed by atoms with Gasteiger partial charge in [0.2, 0.25) is 0 Å². The van der Waals surface area contributed by atoms with Crippen LogP contribution in [-0.2, 0) is 13.1 Å². The number of nitrogens with one attached hydrogen (secondary N) is 1. The molecule has 2 aliphatic rings. The van der Waals surface area contributed by atoms with Crippen molar-refractivity contribution in [2.24, 2.45) is 5.92 Å². The molecule has 3 rings (SSSR count). The summed E-state index contributed by atoms with van der Waals surface area (Å²) in [5.74, 6) is 0.420. The van der Waals surface area contributed by atoms with E-state index in [4.69, 9.17) is 4.42 Å². The van der Waals surface area contributed by atoms with E-state index >= 15 is 0 Å². The van der Waals surface area contributed by atoms with E-state index in [1.807, 2.05) is 17.0 Å². The number of furan rings is 1. The molecule has 1 aromatic heterocycles. The SMILES string of the molecule is FC(F)(F)C1CCCN(Cc2ccc(CNC3CC3)o2)C1. The smallest absolute Gasteiger partial charge is 0.393 e. The summed E-state index contributed by atoms with van der Waals surface area (Å²) in [4.78, 5) is 1.85. The van der Waals surface area contributed by atoms with Gasteiger partial charge < -0.3 is 9.73 Å². The van der Waals surface area contributed by atoms with Crippen molar-refractivity contribution in [1.82, 2.24) is 10.2 Å². The van der Waals surface area contributed by atoms with Crippen molar-refractivity contribution >= 4 is 0 Å². The van der Waals surface area contributed by atoms with E-state index in [9.17, 15) is 13.2 Å². The first kappa shape index (κ1) is 14.9. The molecule has 0 aromatic carbocycles. The van der Waals surface area contributed by atoms with E-state index in [0.717, 1.165) is 11.5 Å². The van der Waals surface area contributed by atoms with Gasteiger partial charge in [-0.3, -0.25) is 4.90 Å². The highest BCUT2D eigenvalue weighted by Crippen LogP contribution is 2.33. The maximum absolute atomic E-state index is 12.8. The number of nitrogens with zero attached hydrogens (tertiary/aromatic N) is 1. The summed E-state index contributed by atoms with van der Waals surface area (Å²) in [6.45, 7) is 1.97. The van der Waals surface area contributed by atoms with Crippen molar-refractivity contribution in [3.8, 4) is 0 Å². The average Bonchev–Trinajstić information content (AvgIpc) is 3.16. The van der Waals surface area contributed by atoms with Gasteiger partial charge in [-0.1, -0.05) is 0 Å². The lowest BCUT2D eigenvalue weighted by Crippen LogP contribution is -2.41. The van der Waals surface area contributed by atoms with Gasteiger partial charge in [0.25, 0.3) is 0 Å². The maximum atomic E-state index is 12.8. The van der Waals surface area contributed by atoms with E-state index in [-0.39, 0.29) is 13.0 Å². The minimum Gasteiger partial charge on any atom is -0.463 e. The van der Waals surface area contributed by atoms with Gasteiger partial charge in [0.15, 0.2) is 0 Å². The van der Waals surface area contributed by atoms with Crippen molar-refractivity contribution in [1.29, 1.82) is 0 Å². The molecule has 0 bridgehead atoms. The van der Waals surface area contributed by atoms with Crippen LogP contribution in [0, 0.1) is 5.92 Å². The highest BCUT2D eigenvalue weighted by atomic mass is 19.4. The molecule has 1 saturated heterocycles. The van der Waals surface area contributed by atoms with E-state index in [0.29, 0.717) is 32.1 Å². The zero-order valence-corrected chi connectivity index (χ0v) is 12.0. The van der Waals surface area contributed by atoms with Crippen LogP contribution in [0.15, 0.2) is 16.5 Å². The Kier molecular flexibility index (Phi) is 4.26. The molecule has 0 radical (unpaired) electrons. The standard InChI is InChI=1S/C15H21F3N2O/c16-15(17,18)11-2-1-7-20(9-11)10-14-6-5-13(21-14)8-19-12-3-4-12/h5-6,11-12,19H,1-4,7-10H2. The van der Waals surface area contributed by atoms with Crippen LogP contribution in [0.1, 0.15) is 37.2 Å². The third kappa shape index (κ3) is 4.23. The van der Waals surface area contributed by atoms with Crippen LogP contribution in [0.25, 0.3) is 0 Å². The number of halogens is 3. The Hall–Kier alpha value is -1.01. The lowest BCUT2D eigenvalue weighted by atomic mass is 9.97. The largest absolute Gasteiger partial charge is 0.463 e. The summed E-state index contributed by atoms with van der Waals surface area (Å²) in [7, 11) is 0. The number of hydrogen-bond acceptors (Lipinski definition) is 3. The molecule has 1 unspecified atom stereocenters. The number of alkyl halides is 3. The van der Waals surface area contributed by atoms with Gasteiger partial charge in [-0.05, 0) is 44.4 Å². The Morgan fingerprint density at radius 2 is 1.95 bits per heavy atom. The summed E-state index contributed by atoms with van der Waals surface area (Å²) < 4.78 is 44.0. The monoisotopic (exact) mass is 302 g/mol. The fourth-order valence-corrected chi connectivity index (χ4v) is 2.82. The zero-order valence-electron chi connectivity index (χ0n) is 12.0. The molecule has 0 spiro atoms. The maximum Gasteiger partial charge on any atom is 0.393 e. The fraction of sp³-hybridized carbons (Fsp3) is 0.733. The number of piperidine rings is 1.